The van der Waals surface area contributed by atoms with Gasteiger partial charge in [-0.1, -0.05) is 23.8 Å². The van der Waals surface area contributed by atoms with Gasteiger partial charge in [0.1, 0.15) is 5.75 Å². The molecule has 2 aromatic heterocycles. The lowest BCUT2D eigenvalue weighted by Gasteiger charge is -2.09. The van der Waals surface area contributed by atoms with Crippen LogP contribution in [0, 0.1) is 6.92 Å². The molecule has 0 saturated carbocycles. The van der Waals surface area contributed by atoms with Crippen molar-refractivity contribution in [2.24, 2.45) is 0 Å². The van der Waals surface area contributed by atoms with Crippen LogP contribution in [-0.2, 0) is 11.2 Å². The van der Waals surface area contributed by atoms with Crippen molar-refractivity contribution in [1.82, 2.24) is 4.98 Å². The van der Waals surface area contributed by atoms with E-state index in [0.717, 1.165) is 27.4 Å². The van der Waals surface area contributed by atoms with E-state index in [1.165, 1.54) is 11.3 Å². The molecule has 0 radical (unpaired) electrons. The number of thiophene rings is 1. The fourth-order valence-electron chi connectivity index (χ4n) is 2.25. The maximum atomic E-state index is 12.3. The summed E-state index contributed by atoms with van der Waals surface area (Å²) in [6.45, 7) is 2.00. The maximum absolute atomic E-state index is 12.3. The molecule has 3 aromatic rings. The molecule has 0 atom stereocenters. The van der Waals surface area contributed by atoms with Crippen LogP contribution < -0.4 is 10.1 Å². The SMILES string of the molecule is COc1ccc(C)cc1CC(=O)Nc1nc(-c2cccs2)cs1. The van der Waals surface area contributed by atoms with Crippen molar-refractivity contribution in [3.05, 3.63) is 52.2 Å². The Labute approximate surface area is 142 Å². The summed E-state index contributed by atoms with van der Waals surface area (Å²) in [4.78, 5) is 17.8. The molecular formula is C17H16N2O2S2. The minimum atomic E-state index is -0.0963. The number of anilines is 1. The number of thiazole rings is 1. The van der Waals surface area contributed by atoms with Crippen LogP contribution in [-0.4, -0.2) is 18.0 Å². The first-order valence-corrected chi connectivity index (χ1v) is 8.84. The number of carbonyl (C=O) groups excluding carboxylic acids is 1. The first-order valence-electron chi connectivity index (χ1n) is 7.08. The molecular weight excluding hydrogens is 328 g/mol. The molecule has 23 heavy (non-hydrogen) atoms. The van der Waals surface area contributed by atoms with Gasteiger partial charge in [-0.3, -0.25) is 4.79 Å². The van der Waals surface area contributed by atoms with Gasteiger partial charge in [-0.25, -0.2) is 4.98 Å². The summed E-state index contributed by atoms with van der Waals surface area (Å²) < 4.78 is 5.31. The highest BCUT2D eigenvalue weighted by molar-refractivity contribution is 7.16. The zero-order chi connectivity index (χ0) is 16.2. The molecule has 118 valence electrons. The van der Waals surface area contributed by atoms with Crippen molar-refractivity contribution in [2.45, 2.75) is 13.3 Å². The van der Waals surface area contributed by atoms with Gasteiger partial charge in [0.2, 0.25) is 5.91 Å². The molecule has 0 unspecified atom stereocenters. The van der Waals surface area contributed by atoms with Crippen LogP contribution in [0.2, 0.25) is 0 Å². The molecule has 1 amide bonds. The van der Waals surface area contributed by atoms with Crippen LogP contribution in [0.4, 0.5) is 5.13 Å². The number of aromatic nitrogens is 1. The highest BCUT2D eigenvalue weighted by Gasteiger charge is 2.12. The second-order valence-electron chi connectivity index (χ2n) is 5.06. The van der Waals surface area contributed by atoms with E-state index in [1.54, 1.807) is 18.4 Å². The van der Waals surface area contributed by atoms with Crippen molar-refractivity contribution in [3.8, 4) is 16.3 Å². The van der Waals surface area contributed by atoms with E-state index in [-0.39, 0.29) is 12.3 Å². The first-order chi connectivity index (χ1) is 11.2. The van der Waals surface area contributed by atoms with Crippen LogP contribution >= 0.6 is 22.7 Å². The summed E-state index contributed by atoms with van der Waals surface area (Å²) in [7, 11) is 1.61. The van der Waals surface area contributed by atoms with Crippen LogP contribution in [0.15, 0.2) is 41.1 Å². The van der Waals surface area contributed by atoms with Crippen LogP contribution in [0.1, 0.15) is 11.1 Å². The largest absolute Gasteiger partial charge is 0.496 e. The number of nitrogens with zero attached hydrogens (tertiary/aromatic N) is 1. The fourth-order valence-corrected chi connectivity index (χ4v) is 3.74. The van der Waals surface area contributed by atoms with E-state index in [0.29, 0.717) is 5.13 Å². The lowest BCUT2D eigenvalue weighted by molar-refractivity contribution is -0.115. The van der Waals surface area contributed by atoms with Crippen molar-refractivity contribution in [2.75, 3.05) is 12.4 Å². The van der Waals surface area contributed by atoms with E-state index in [2.05, 4.69) is 10.3 Å². The summed E-state index contributed by atoms with van der Waals surface area (Å²) in [6, 6.07) is 9.83. The zero-order valence-corrected chi connectivity index (χ0v) is 14.5. The van der Waals surface area contributed by atoms with Crippen LogP contribution in [0.5, 0.6) is 5.75 Å². The molecule has 0 aliphatic heterocycles. The number of amides is 1. The van der Waals surface area contributed by atoms with Gasteiger partial charge < -0.3 is 10.1 Å². The quantitative estimate of drug-likeness (QED) is 0.748. The van der Waals surface area contributed by atoms with Gasteiger partial charge in [0.25, 0.3) is 0 Å². The molecule has 1 N–H and O–H groups in total. The average Bonchev–Trinajstić information content (AvgIpc) is 3.18. The Balaban J connectivity index is 1.69. The molecule has 1 aromatic carbocycles. The molecule has 3 rings (SSSR count). The van der Waals surface area contributed by atoms with E-state index in [1.807, 2.05) is 48.0 Å². The average molecular weight is 344 g/mol. The van der Waals surface area contributed by atoms with Gasteiger partial charge in [0.15, 0.2) is 5.13 Å². The third kappa shape index (κ3) is 3.78. The second-order valence-corrected chi connectivity index (χ2v) is 6.86. The number of benzene rings is 1. The maximum Gasteiger partial charge on any atom is 0.230 e. The number of carbonyl (C=O) groups is 1. The molecule has 0 saturated heterocycles. The molecule has 0 bridgehead atoms. The third-order valence-electron chi connectivity index (χ3n) is 3.31. The molecule has 0 fully saturated rings. The normalized spacial score (nSPS) is 10.5. The van der Waals surface area contributed by atoms with Gasteiger partial charge in [0, 0.05) is 10.9 Å². The van der Waals surface area contributed by atoms with Crippen molar-refractivity contribution in [1.29, 1.82) is 0 Å². The first kappa shape index (κ1) is 15.7. The van der Waals surface area contributed by atoms with Gasteiger partial charge in [0.05, 0.1) is 24.1 Å². The lowest BCUT2D eigenvalue weighted by Crippen LogP contribution is -2.14. The molecule has 4 nitrogen and oxygen atoms in total. The molecule has 0 aliphatic rings. The summed E-state index contributed by atoms with van der Waals surface area (Å²) in [6.07, 6.45) is 0.263. The van der Waals surface area contributed by atoms with Crippen LogP contribution in [0.25, 0.3) is 10.6 Å². The fraction of sp³-hybridized carbons (Fsp3) is 0.176. The van der Waals surface area contributed by atoms with Crippen molar-refractivity contribution >= 4 is 33.7 Å². The smallest absolute Gasteiger partial charge is 0.230 e. The Morgan fingerprint density at radius 2 is 2.17 bits per heavy atom. The summed E-state index contributed by atoms with van der Waals surface area (Å²) in [5.74, 6) is 0.630. The Kier molecular flexibility index (Phi) is 4.73. The monoisotopic (exact) mass is 344 g/mol. The Morgan fingerprint density at radius 1 is 1.30 bits per heavy atom. The number of nitrogens with one attached hydrogen (secondary N) is 1. The Bertz CT molecular complexity index is 810. The molecule has 6 heteroatoms. The van der Waals surface area contributed by atoms with E-state index >= 15 is 0 Å². The Morgan fingerprint density at radius 3 is 2.91 bits per heavy atom. The minimum absolute atomic E-state index is 0.0963. The van der Waals surface area contributed by atoms with E-state index in [4.69, 9.17) is 4.74 Å². The van der Waals surface area contributed by atoms with Gasteiger partial charge in [-0.05, 0) is 24.4 Å². The molecule has 2 heterocycles. The zero-order valence-electron chi connectivity index (χ0n) is 12.8. The number of rotatable bonds is 5. The summed E-state index contributed by atoms with van der Waals surface area (Å²) in [5, 5.41) is 7.44. The van der Waals surface area contributed by atoms with Crippen LogP contribution in [0.3, 0.4) is 0 Å². The van der Waals surface area contributed by atoms with Gasteiger partial charge in [-0.2, -0.15) is 0 Å². The number of aryl methyl sites for hydroxylation is 1. The molecule has 0 spiro atoms. The van der Waals surface area contributed by atoms with Gasteiger partial charge in [-0.15, -0.1) is 22.7 Å². The number of ether oxygens (including phenoxy) is 1. The highest BCUT2D eigenvalue weighted by Crippen LogP contribution is 2.28. The lowest BCUT2D eigenvalue weighted by atomic mass is 10.1. The van der Waals surface area contributed by atoms with E-state index < -0.39 is 0 Å². The summed E-state index contributed by atoms with van der Waals surface area (Å²) >= 11 is 3.06. The van der Waals surface area contributed by atoms with E-state index in [9.17, 15) is 4.79 Å². The Hall–Kier alpha value is -2.18. The van der Waals surface area contributed by atoms with Crippen molar-refractivity contribution in [3.63, 3.8) is 0 Å². The molecule has 0 aliphatic carbocycles. The highest BCUT2D eigenvalue weighted by atomic mass is 32.1. The minimum Gasteiger partial charge on any atom is -0.496 e. The predicted octanol–water partition coefficient (Wildman–Crippen LogP) is 4.37. The number of hydrogen-bond donors (Lipinski definition) is 1. The topological polar surface area (TPSA) is 51.2 Å². The number of methoxy groups -OCH3 is 1. The standard InChI is InChI=1S/C17H16N2O2S2/c1-11-5-6-14(21-2)12(8-11)9-16(20)19-17-18-13(10-23-17)15-4-3-7-22-15/h3-8,10H,9H2,1-2H3,(H,18,19,20). The number of hydrogen-bond acceptors (Lipinski definition) is 5. The van der Waals surface area contributed by atoms with Gasteiger partial charge >= 0.3 is 0 Å². The predicted molar refractivity (Wildman–Crippen MR) is 95.5 cm³/mol. The van der Waals surface area contributed by atoms with Crippen molar-refractivity contribution < 1.29 is 9.53 Å². The second kappa shape index (κ2) is 6.93. The third-order valence-corrected chi connectivity index (χ3v) is 4.96. The summed E-state index contributed by atoms with van der Waals surface area (Å²) in [5.41, 5.74) is 2.87.